The largest absolute Gasteiger partial charge is 0.482 e. The minimum Gasteiger partial charge on any atom is -0.361 e. The van der Waals surface area contributed by atoms with Crippen LogP contribution in [0.15, 0.2) is 24.4 Å². The number of H-pyrrole nitrogens is 1. The molecule has 1 aromatic carbocycles. The summed E-state index contributed by atoms with van der Waals surface area (Å²) in [5.41, 5.74) is 4.69. The van der Waals surface area contributed by atoms with Crippen molar-refractivity contribution >= 4 is 16.9 Å². The minimum atomic E-state index is 0.198. The molecule has 3 heteroatoms. The second-order valence-electron chi connectivity index (χ2n) is 9.76. The van der Waals surface area contributed by atoms with Crippen molar-refractivity contribution < 1.29 is 9.53 Å². The molecule has 0 bridgehead atoms. The Kier molecular flexibility index (Phi) is 4.52. The molecule has 0 aliphatic heterocycles. The van der Waals surface area contributed by atoms with Gasteiger partial charge in [0, 0.05) is 23.5 Å². The van der Waals surface area contributed by atoms with E-state index in [1.807, 2.05) is 0 Å². The molecule has 2 saturated carbocycles. The first-order valence-corrected chi connectivity index (χ1v) is 11.4. The average Bonchev–Trinajstić information content (AvgIpc) is 3.28. The topological polar surface area (TPSA) is 46.4 Å². The van der Waals surface area contributed by atoms with Crippen LogP contribution in [0.3, 0.4) is 0 Å². The van der Waals surface area contributed by atoms with Crippen molar-refractivity contribution in [1.82, 2.24) is 4.98 Å². The van der Waals surface area contributed by atoms with Gasteiger partial charge >= 0.3 is 5.97 Å². The number of nitrogens with one attached hydrogen (secondary N) is 1. The lowest BCUT2D eigenvalue weighted by Gasteiger charge is -2.49. The maximum Gasteiger partial charge on any atom is 0.482 e. The van der Waals surface area contributed by atoms with Gasteiger partial charge in [-0.15, -0.1) is 0 Å². The SMILES string of the molecule is CCCCC(=[OH+])O[C@H]1CCC2C3CCc4cc5[nH]ccc5cc4C3CC[C@@]21C. The highest BCUT2D eigenvalue weighted by molar-refractivity contribution is 5.81. The fourth-order valence-corrected chi connectivity index (χ4v) is 6.82. The Hall–Kier alpha value is -1.77. The first-order chi connectivity index (χ1) is 13.6. The van der Waals surface area contributed by atoms with Crippen molar-refractivity contribution in [3.8, 4) is 0 Å². The summed E-state index contributed by atoms with van der Waals surface area (Å²) >= 11 is 0. The summed E-state index contributed by atoms with van der Waals surface area (Å²) < 4.78 is 6.15. The normalized spacial score (nSPS) is 33.9. The van der Waals surface area contributed by atoms with Crippen LogP contribution in [0.5, 0.6) is 0 Å². The average molecular weight is 381 g/mol. The molecular weight excluding hydrogens is 346 g/mol. The van der Waals surface area contributed by atoms with E-state index < -0.39 is 0 Å². The van der Waals surface area contributed by atoms with E-state index in [1.165, 1.54) is 43.0 Å². The predicted molar refractivity (Wildman–Crippen MR) is 114 cm³/mol. The van der Waals surface area contributed by atoms with E-state index >= 15 is 0 Å². The van der Waals surface area contributed by atoms with E-state index in [0.717, 1.165) is 31.1 Å². The molecule has 150 valence electrons. The maximum atomic E-state index is 10.3. The molecule has 1 heterocycles. The monoisotopic (exact) mass is 380 g/mol. The molecule has 2 aromatic rings. The number of fused-ring (bicyclic) bond motifs is 6. The zero-order chi connectivity index (χ0) is 19.3. The minimum absolute atomic E-state index is 0.198. The molecule has 0 saturated heterocycles. The lowest BCUT2D eigenvalue weighted by Crippen LogP contribution is -2.45. The van der Waals surface area contributed by atoms with Gasteiger partial charge in [-0.2, -0.15) is 0 Å². The summed E-state index contributed by atoms with van der Waals surface area (Å²) in [5.74, 6) is 2.48. The second kappa shape index (κ2) is 6.93. The van der Waals surface area contributed by atoms with Gasteiger partial charge in [0.2, 0.25) is 0 Å². The summed E-state index contributed by atoms with van der Waals surface area (Å²) in [7, 11) is 0. The number of aromatic nitrogens is 1. The summed E-state index contributed by atoms with van der Waals surface area (Å²) in [4.78, 5) is 13.7. The number of benzene rings is 1. The fraction of sp³-hybridized carbons (Fsp3) is 0.640. The molecule has 2 fully saturated rings. The maximum absolute atomic E-state index is 10.3. The van der Waals surface area contributed by atoms with E-state index in [9.17, 15) is 4.79 Å². The Morgan fingerprint density at radius 3 is 3.00 bits per heavy atom. The number of hydrogen-bond acceptors (Lipinski definition) is 1. The van der Waals surface area contributed by atoms with Crippen LogP contribution in [0.2, 0.25) is 0 Å². The van der Waals surface area contributed by atoms with Crippen LogP contribution >= 0.6 is 0 Å². The van der Waals surface area contributed by atoms with E-state index in [-0.39, 0.29) is 17.5 Å². The van der Waals surface area contributed by atoms with Crippen molar-refractivity contribution in [2.45, 2.75) is 83.7 Å². The third kappa shape index (κ3) is 2.81. The van der Waals surface area contributed by atoms with Gasteiger partial charge < -0.3 is 14.5 Å². The third-order valence-electron chi connectivity index (χ3n) is 8.33. The summed E-state index contributed by atoms with van der Waals surface area (Å²) in [6.45, 7) is 4.60. The summed E-state index contributed by atoms with van der Waals surface area (Å²) in [6.07, 6.45) is 12.4. The smallest absolute Gasteiger partial charge is 0.361 e. The molecule has 0 radical (unpaired) electrons. The highest BCUT2D eigenvalue weighted by atomic mass is 16.5. The van der Waals surface area contributed by atoms with E-state index in [1.54, 1.807) is 11.1 Å². The number of aryl methyl sites for hydroxylation is 1. The molecule has 1 aromatic heterocycles. The Morgan fingerprint density at radius 2 is 2.14 bits per heavy atom. The molecule has 3 aliphatic rings. The van der Waals surface area contributed by atoms with Crippen molar-refractivity contribution in [1.29, 1.82) is 0 Å². The molecule has 3 unspecified atom stereocenters. The first kappa shape index (κ1) is 18.3. The number of esters is 1. The summed E-state index contributed by atoms with van der Waals surface area (Å²) in [5, 5.41) is 1.36. The van der Waals surface area contributed by atoms with Crippen LogP contribution in [0, 0.1) is 17.3 Å². The van der Waals surface area contributed by atoms with Crippen LogP contribution in [0.1, 0.15) is 82.3 Å². The van der Waals surface area contributed by atoms with Crippen LogP contribution in [-0.2, 0) is 11.2 Å². The Morgan fingerprint density at radius 1 is 1.25 bits per heavy atom. The molecule has 3 aliphatic carbocycles. The fourth-order valence-electron chi connectivity index (χ4n) is 6.82. The van der Waals surface area contributed by atoms with Crippen LogP contribution < -0.4 is 0 Å². The Balaban J connectivity index is 1.38. The molecule has 0 amide bonds. The van der Waals surface area contributed by atoms with E-state index in [2.05, 4.69) is 43.2 Å². The van der Waals surface area contributed by atoms with Gasteiger partial charge in [-0.1, -0.05) is 20.3 Å². The van der Waals surface area contributed by atoms with Gasteiger partial charge in [0.05, 0.1) is 0 Å². The van der Waals surface area contributed by atoms with Crippen molar-refractivity contribution in [3.05, 3.63) is 35.5 Å². The second-order valence-corrected chi connectivity index (χ2v) is 9.76. The van der Waals surface area contributed by atoms with E-state index in [4.69, 9.17) is 4.74 Å². The third-order valence-corrected chi connectivity index (χ3v) is 8.33. The lowest BCUT2D eigenvalue weighted by atomic mass is 9.55. The quantitative estimate of drug-likeness (QED) is 0.505. The molecule has 2 N–H and O–H groups in total. The molecule has 28 heavy (non-hydrogen) atoms. The molecule has 5 atom stereocenters. The van der Waals surface area contributed by atoms with Gasteiger partial charge in [0.25, 0.3) is 0 Å². The first-order valence-electron chi connectivity index (χ1n) is 11.4. The zero-order valence-electron chi connectivity index (χ0n) is 17.3. The van der Waals surface area contributed by atoms with E-state index in [0.29, 0.717) is 12.3 Å². The van der Waals surface area contributed by atoms with Crippen molar-refractivity contribution in [3.63, 3.8) is 0 Å². The lowest BCUT2D eigenvalue weighted by molar-refractivity contribution is -0.0209. The van der Waals surface area contributed by atoms with Gasteiger partial charge in [-0.25, -0.2) is 0 Å². The molecule has 5 rings (SSSR count). The molecule has 3 nitrogen and oxygen atoms in total. The van der Waals surface area contributed by atoms with Crippen molar-refractivity contribution in [2.24, 2.45) is 17.3 Å². The highest BCUT2D eigenvalue weighted by Crippen LogP contribution is 2.61. The van der Waals surface area contributed by atoms with Gasteiger partial charge in [0.1, 0.15) is 6.42 Å². The number of unbranched alkanes of at least 4 members (excludes halogenated alkanes) is 1. The van der Waals surface area contributed by atoms with Crippen LogP contribution in [-0.4, -0.2) is 21.9 Å². The number of carbonyl (C=O) groups excluding carboxylic acids is 1. The molecular formula is C25H34NO2+. The Bertz CT molecular complexity index is 884. The highest BCUT2D eigenvalue weighted by Gasteiger charge is 2.58. The predicted octanol–water partition coefficient (Wildman–Crippen LogP) is 6.10. The van der Waals surface area contributed by atoms with Crippen LogP contribution in [0.4, 0.5) is 0 Å². The number of hydrogen-bond donors (Lipinski definition) is 1. The van der Waals surface area contributed by atoms with Gasteiger partial charge in [-0.05, 0) is 91.0 Å². The summed E-state index contributed by atoms with van der Waals surface area (Å²) in [6, 6.07) is 7.07. The van der Waals surface area contributed by atoms with Gasteiger partial charge in [0.15, 0.2) is 6.10 Å². The standard InChI is InChI=1S/C25H33NO2/c1-3-4-5-24(27)28-23-9-8-21-19-7-6-16-15-22-17(11-13-26-22)14-20(16)18(19)10-12-25(21,23)2/h11,13-15,18-19,21,23,26H,3-10,12H2,1-2H3/p+1/t18?,19?,21?,23-,25-/m0/s1. The zero-order valence-corrected chi connectivity index (χ0v) is 17.3. The molecule has 0 spiro atoms. The van der Waals surface area contributed by atoms with Crippen molar-refractivity contribution in [2.75, 3.05) is 0 Å². The number of aromatic amines is 1. The number of ether oxygens (including phenoxy) is 1. The van der Waals surface area contributed by atoms with Gasteiger partial charge in [-0.3, -0.25) is 0 Å². The Labute approximate surface area is 168 Å². The number of rotatable bonds is 4. The van der Waals surface area contributed by atoms with Crippen LogP contribution in [0.25, 0.3) is 10.9 Å².